The fourth-order valence-electron chi connectivity index (χ4n) is 2.32. The second-order valence-electron chi connectivity index (χ2n) is 5.60. The number of amides is 1. The number of nitrogens with zero attached hydrogens (tertiary/aromatic N) is 1. The van der Waals surface area contributed by atoms with E-state index in [-0.39, 0.29) is 16.8 Å². The Labute approximate surface area is 156 Å². The Kier molecular flexibility index (Phi) is 5.34. The zero-order chi connectivity index (χ0) is 18.6. The van der Waals surface area contributed by atoms with Gasteiger partial charge in [-0.2, -0.15) is 0 Å². The Morgan fingerprint density at radius 2 is 1.65 bits per heavy atom. The number of aryl methyl sites for hydroxylation is 1. The van der Waals surface area contributed by atoms with Crippen LogP contribution in [0.15, 0.2) is 60.7 Å². The molecule has 0 aliphatic heterocycles. The maximum absolute atomic E-state index is 12.4. The number of carbonyl (C=O) groups is 1. The van der Waals surface area contributed by atoms with Gasteiger partial charge in [-0.25, -0.2) is 13.4 Å². The number of anilines is 2. The standard InChI is InChI=1S/C18H17N3O3S2/c1-13-16(17(22)20-15-10-6-3-7-11-15)25-18(19-13)21-26(23,24)12-14-8-4-2-5-9-14/h2-11H,12H2,1H3,(H,19,21)(H,20,22). The molecule has 2 aromatic carbocycles. The number of carbonyl (C=O) groups excluding carboxylic acids is 1. The lowest BCUT2D eigenvalue weighted by Gasteiger charge is -2.05. The number of hydrogen-bond donors (Lipinski definition) is 2. The molecule has 0 saturated heterocycles. The molecule has 0 radical (unpaired) electrons. The number of sulfonamides is 1. The molecule has 0 aliphatic rings. The van der Waals surface area contributed by atoms with E-state index in [2.05, 4.69) is 15.0 Å². The molecule has 3 rings (SSSR count). The van der Waals surface area contributed by atoms with E-state index in [0.29, 0.717) is 21.8 Å². The van der Waals surface area contributed by atoms with Gasteiger partial charge in [0.15, 0.2) is 5.13 Å². The van der Waals surface area contributed by atoms with Crippen LogP contribution in [0, 0.1) is 6.92 Å². The first-order valence-corrected chi connectivity index (χ1v) is 10.3. The third kappa shape index (κ3) is 4.68. The molecular weight excluding hydrogens is 370 g/mol. The van der Waals surface area contributed by atoms with E-state index in [1.54, 1.807) is 43.3 Å². The fourth-order valence-corrected chi connectivity index (χ4v) is 4.60. The lowest BCUT2D eigenvalue weighted by atomic mass is 10.2. The maximum Gasteiger partial charge on any atom is 0.267 e. The average Bonchev–Trinajstić information content (AvgIpc) is 2.95. The van der Waals surface area contributed by atoms with Crippen LogP contribution in [-0.4, -0.2) is 19.3 Å². The summed E-state index contributed by atoms with van der Waals surface area (Å²) in [6.45, 7) is 1.67. The van der Waals surface area contributed by atoms with Gasteiger partial charge in [-0.05, 0) is 24.6 Å². The zero-order valence-corrected chi connectivity index (χ0v) is 15.6. The first-order chi connectivity index (χ1) is 12.4. The van der Waals surface area contributed by atoms with E-state index in [1.807, 2.05) is 24.3 Å². The number of benzene rings is 2. The molecule has 0 spiro atoms. The number of para-hydroxylation sites is 1. The highest BCUT2D eigenvalue weighted by Crippen LogP contribution is 2.25. The van der Waals surface area contributed by atoms with Crippen LogP contribution in [0.1, 0.15) is 20.9 Å². The van der Waals surface area contributed by atoms with Crippen LogP contribution in [0.2, 0.25) is 0 Å². The van der Waals surface area contributed by atoms with Crippen molar-refractivity contribution in [3.05, 3.63) is 76.8 Å². The summed E-state index contributed by atoms with van der Waals surface area (Å²) in [6.07, 6.45) is 0. The quantitative estimate of drug-likeness (QED) is 0.676. The Hall–Kier alpha value is -2.71. The van der Waals surface area contributed by atoms with E-state index in [9.17, 15) is 13.2 Å². The van der Waals surface area contributed by atoms with Crippen molar-refractivity contribution in [2.45, 2.75) is 12.7 Å². The van der Waals surface area contributed by atoms with E-state index >= 15 is 0 Å². The number of rotatable bonds is 6. The largest absolute Gasteiger partial charge is 0.321 e. The van der Waals surface area contributed by atoms with Gasteiger partial charge in [0.1, 0.15) is 4.88 Å². The molecule has 1 heterocycles. The molecule has 0 fully saturated rings. The summed E-state index contributed by atoms with van der Waals surface area (Å²) < 4.78 is 27.1. The molecule has 8 heteroatoms. The van der Waals surface area contributed by atoms with E-state index in [4.69, 9.17) is 0 Å². The van der Waals surface area contributed by atoms with Gasteiger partial charge < -0.3 is 5.32 Å². The molecule has 3 aromatic rings. The second-order valence-corrected chi connectivity index (χ2v) is 8.32. The summed E-state index contributed by atoms with van der Waals surface area (Å²) in [4.78, 5) is 16.9. The highest BCUT2D eigenvalue weighted by atomic mass is 32.2. The van der Waals surface area contributed by atoms with Gasteiger partial charge in [-0.3, -0.25) is 9.52 Å². The number of hydrogen-bond acceptors (Lipinski definition) is 5. The average molecular weight is 387 g/mol. The predicted octanol–water partition coefficient (Wildman–Crippen LogP) is 3.65. The predicted molar refractivity (Wildman–Crippen MR) is 104 cm³/mol. The van der Waals surface area contributed by atoms with Crippen LogP contribution in [0.5, 0.6) is 0 Å². The van der Waals surface area contributed by atoms with Crippen molar-refractivity contribution in [2.75, 3.05) is 10.0 Å². The molecule has 0 unspecified atom stereocenters. The summed E-state index contributed by atoms with van der Waals surface area (Å²) in [7, 11) is -3.61. The van der Waals surface area contributed by atoms with Crippen molar-refractivity contribution in [1.29, 1.82) is 0 Å². The Morgan fingerprint density at radius 1 is 1.04 bits per heavy atom. The van der Waals surface area contributed by atoms with Gasteiger partial charge in [0, 0.05) is 5.69 Å². The molecule has 1 amide bonds. The normalized spacial score (nSPS) is 11.1. The molecule has 0 saturated carbocycles. The summed E-state index contributed by atoms with van der Waals surface area (Å²) in [6, 6.07) is 17.9. The SMILES string of the molecule is Cc1nc(NS(=O)(=O)Cc2ccccc2)sc1C(=O)Nc1ccccc1. The molecule has 134 valence electrons. The van der Waals surface area contributed by atoms with E-state index in [0.717, 1.165) is 11.3 Å². The molecule has 2 N–H and O–H groups in total. The van der Waals surface area contributed by atoms with Crippen molar-refractivity contribution in [1.82, 2.24) is 4.98 Å². The summed E-state index contributed by atoms with van der Waals surface area (Å²) in [5.74, 6) is -0.474. The highest BCUT2D eigenvalue weighted by molar-refractivity contribution is 7.92. The van der Waals surface area contributed by atoms with Gasteiger partial charge in [-0.1, -0.05) is 59.9 Å². The Balaban J connectivity index is 1.72. The minimum absolute atomic E-state index is 0.155. The first-order valence-electron chi connectivity index (χ1n) is 7.81. The highest BCUT2D eigenvalue weighted by Gasteiger charge is 2.19. The molecule has 0 aliphatic carbocycles. The lowest BCUT2D eigenvalue weighted by Crippen LogP contribution is -2.14. The van der Waals surface area contributed by atoms with Gasteiger partial charge >= 0.3 is 0 Å². The summed E-state index contributed by atoms with van der Waals surface area (Å²) in [5.41, 5.74) is 1.81. The van der Waals surface area contributed by atoms with Crippen LogP contribution in [0.3, 0.4) is 0 Å². The van der Waals surface area contributed by atoms with Crippen LogP contribution < -0.4 is 10.0 Å². The summed E-state index contributed by atoms with van der Waals surface area (Å²) in [5, 5.41) is 2.95. The van der Waals surface area contributed by atoms with E-state index < -0.39 is 10.0 Å². The fraction of sp³-hybridized carbons (Fsp3) is 0.111. The molecule has 0 atom stereocenters. The minimum atomic E-state index is -3.61. The van der Waals surface area contributed by atoms with Crippen molar-refractivity contribution < 1.29 is 13.2 Å². The molecular formula is C18H17N3O3S2. The Morgan fingerprint density at radius 3 is 2.31 bits per heavy atom. The van der Waals surface area contributed by atoms with Crippen molar-refractivity contribution in [3.63, 3.8) is 0 Å². The van der Waals surface area contributed by atoms with Crippen LogP contribution in [-0.2, 0) is 15.8 Å². The van der Waals surface area contributed by atoms with Gasteiger partial charge in [0.25, 0.3) is 5.91 Å². The van der Waals surface area contributed by atoms with Gasteiger partial charge in [0.2, 0.25) is 10.0 Å². The van der Waals surface area contributed by atoms with Crippen LogP contribution >= 0.6 is 11.3 Å². The topological polar surface area (TPSA) is 88.2 Å². The smallest absolute Gasteiger partial charge is 0.267 e. The number of aromatic nitrogens is 1. The molecule has 26 heavy (non-hydrogen) atoms. The second kappa shape index (κ2) is 7.67. The van der Waals surface area contributed by atoms with E-state index in [1.165, 1.54) is 0 Å². The number of thiazole rings is 1. The lowest BCUT2D eigenvalue weighted by molar-refractivity contribution is 0.103. The van der Waals surface area contributed by atoms with Crippen molar-refractivity contribution in [2.24, 2.45) is 0 Å². The van der Waals surface area contributed by atoms with Crippen molar-refractivity contribution >= 4 is 38.1 Å². The van der Waals surface area contributed by atoms with Crippen LogP contribution in [0.4, 0.5) is 10.8 Å². The zero-order valence-electron chi connectivity index (χ0n) is 14.0. The monoisotopic (exact) mass is 387 g/mol. The minimum Gasteiger partial charge on any atom is -0.321 e. The van der Waals surface area contributed by atoms with Crippen molar-refractivity contribution in [3.8, 4) is 0 Å². The third-order valence-electron chi connectivity index (χ3n) is 3.48. The first kappa shape index (κ1) is 18.1. The maximum atomic E-state index is 12.4. The summed E-state index contributed by atoms with van der Waals surface area (Å²) >= 11 is 1.01. The third-order valence-corrected chi connectivity index (χ3v) is 5.90. The van der Waals surface area contributed by atoms with Crippen LogP contribution in [0.25, 0.3) is 0 Å². The molecule has 1 aromatic heterocycles. The molecule has 6 nitrogen and oxygen atoms in total. The number of nitrogens with one attached hydrogen (secondary N) is 2. The van der Waals surface area contributed by atoms with Gasteiger partial charge in [-0.15, -0.1) is 0 Å². The molecule has 0 bridgehead atoms. The van der Waals surface area contributed by atoms with Gasteiger partial charge in [0.05, 0.1) is 11.4 Å². The Bertz CT molecular complexity index is 1000.